The Hall–Kier alpha value is -0.905. The molecule has 2 heterocycles. The van der Waals surface area contributed by atoms with Crippen molar-refractivity contribution in [2.45, 2.75) is 38.9 Å². The number of carbonyl (C=O) groups excluding carboxylic acids is 1. The molecule has 18 heavy (non-hydrogen) atoms. The first-order valence-electron chi connectivity index (χ1n) is 5.73. The van der Waals surface area contributed by atoms with Crippen molar-refractivity contribution in [2.75, 3.05) is 0 Å². The van der Waals surface area contributed by atoms with Gasteiger partial charge < -0.3 is 9.31 Å². The molecule has 96 valence electrons. The molecule has 0 aliphatic carbocycles. The highest BCUT2D eigenvalue weighted by Gasteiger charge is 2.51. The minimum atomic E-state index is -0.529. The average Bonchev–Trinajstić information content (AvgIpc) is 2.49. The highest BCUT2D eigenvalue weighted by Crippen LogP contribution is 2.36. The third kappa shape index (κ3) is 2.18. The van der Waals surface area contributed by atoms with Crippen LogP contribution >= 0.6 is 11.6 Å². The molecular weight excluding hydrogens is 252 g/mol. The Bertz CT molecular complexity index is 474. The highest BCUT2D eigenvalue weighted by atomic mass is 35.5. The fourth-order valence-electron chi connectivity index (χ4n) is 1.67. The number of rotatable bonds is 2. The van der Waals surface area contributed by atoms with Gasteiger partial charge in [-0.2, -0.15) is 0 Å². The normalized spacial score (nSPS) is 21.1. The first-order valence-corrected chi connectivity index (χ1v) is 6.11. The van der Waals surface area contributed by atoms with Gasteiger partial charge in [0.25, 0.3) is 0 Å². The van der Waals surface area contributed by atoms with Crippen LogP contribution in [-0.2, 0) is 9.31 Å². The van der Waals surface area contributed by atoms with Crippen LogP contribution in [0.4, 0.5) is 0 Å². The molecule has 1 aromatic rings. The Morgan fingerprint density at radius 3 is 2.33 bits per heavy atom. The van der Waals surface area contributed by atoms with Crippen LogP contribution in [0.1, 0.15) is 38.1 Å². The molecule has 0 aromatic carbocycles. The molecule has 1 fully saturated rings. The van der Waals surface area contributed by atoms with Crippen LogP contribution in [-0.4, -0.2) is 29.6 Å². The van der Waals surface area contributed by atoms with Crippen LogP contribution in [0, 0.1) is 0 Å². The first-order chi connectivity index (χ1) is 8.27. The van der Waals surface area contributed by atoms with Gasteiger partial charge in [0.15, 0.2) is 6.29 Å². The highest BCUT2D eigenvalue weighted by molar-refractivity contribution is 6.62. The summed E-state index contributed by atoms with van der Waals surface area (Å²) in [5.41, 5.74) is 0.195. The Morgan fingerprint density at radius 2 is 1.83 bits per heavy atom. The zero-order valence-electron chi connectivity index (χ0n) is 10.9. The molecule has 4 nitrogen and oxygen atoms in total. The zero-order chi connectivity index (χ0) is 13.6. The van der Waals surface area contributed by atoms with E-state index in [-0.39, 0.29) is 5.15 Å². The van der Waals surface area contributed by atoms with Gasteiger partial charge in [0.2, 0.25) is 0 Å². The molecule has 0 atom stereocenters. The van der Waals surface area contributed by atoms with Gasteiger partial charge in [0.05, 0.1) is 16.8 Å². The van der Waals surface area contributed by atoms with Crippen LogP contribution in [0.25, 0.3) is 0 Å². The monoisotopic (exact) mass is 267 g/mol. The van der Waals surface area contributed by atoms with Crippen molar-refractivity contribution in [3.05, 3.63) is 23.0 Å². The fourth-order valence-corrected chi connectivity index (χ4v) is 1.82. The number of hydrogen-bond acceptors (Lipinski definition) is 4. The topological polar surface area (TPSA) is 48.4 Å². The molecule has 0 bridgehead atoms. The summed E-state index contributed by atoms with van der Waals surface area (Å²) in [5.74, 6) is 0. The predicted molar refractivity (Wildman–Crippen MR) is 70.4 cm³/mol. The largest absolute Gasteiger partial charge is 0.496 e. The van der Waals surface area contributed by atoms with Crippen LogP contribution in [0.3, 0.4) is 0 Å². The Morgan fingerprint density at radius 1 is 1.28 bits per heavy atom. The van der Waals surface area contributed by atoms with E-state index in [0.29, 0.717) is 17.3 Å². The number of pyridine rings is 1. The lowest BCUT2D eigenvalue weighted by atomic mass is 9.80. The Kier molecular flexibility index (Phi) is 3.26. The van der Waals surface area contributed by atoms with Crippen molar-refractivity contribution in [2.24, 2.45) is 0 Å². The predicted octanol–water partition coefficient (Wildman–Crippen LogP) is 1.85. The molecule has 1 saturated heterocycles. The molecule has 1 aliphatic rings. The van der Waals surface area contributed by atoms with Crippen molar-refractivity contribution in [1.82, 2.24) is 4.98 Å². The molecule has 1 aliphatic heterocycles. The minimum Gasteiger partial charge on any atom is -0.399 e. The van der Waals surface area contributed by atoms with E-state index in [1.807, 2.05) is 27.7 Å². The second-order valence-electron chi connectivity index (χ2n) is 5.35. The molecule has 0 N–H and O–H groups in total. The smallest absolute Gasteiger partial charge is 0.399 e. The van der Waals surface area contributed by atoms with Gasteiger partial charge in [-0.3, -0.25) is 4.79 Å². The quantitative estimate of drug-likeness (QED) is 0.466. The summed E-state index contributed by atoms with van der Waals surface area (Å²) in [6.45, 7) is 7.88. The number of hydrogen-bond donors (Lipinski definition) is 0. The first kappa shape index (κ1) is 13.5. The lowest BCUT2D eigenvalue weighted by Crippen LogP contribution is -2.41. The van der Waals surface area contributed by atoms with E-state index in [1.54, 1.807) is 12.3 Å². The van der Waals surface area contributed by atoms with E-state index >= 15 is 0 Å². The molecule has 0 spiro atoms. The van der Waals surface area contributed by atoms with Gasteiger partial charge in [0, 0.05) is 11.7 Å². The summed E-state index contributed by atoms with van der Waals surface area (Å²) >= 11 is 5.79. The van der Waals surface area contributed by atoms with Crippen LogP contribution in [0.5, 0.6) is 0 Å². The van der Waals surface area contributed by atoms with Crippen molar-refractivity contribution in [3.63, 3.8) is 0 Å². The standard InChI is InChI=1S/C12H15BClNO3/c1-11(2)12(3,4)18-13(17-11)9-5-8(7-16)10(14)15-6-9/h5-7H,1-4H3. The summed E-state index contributed by atoms with van der Waals surface area (Å²) in [4.78, 5) is 14.8. The Labute approximate surface area is 112 Å². The lowest BCUT2D eigenvalue weighted by molar-refractivity contribution is 0.00578. The number of nitrogens with zero attached hydrogens (tertiary/aromatic N) is 1. The summed E-state index contributed by atoms with van der Waals surface area (Å²) in [6.07, 6.45) is 2.24. The molecule has 2 rings (SSSR count). The summed E-state index contributed by atoms with van der Waals surface area (Å²) in [7, 11) is -0.529. The number of aromatic nitrogens is 1. The fraction of sp³-hybridized carbons (Fsp3) is 0.500. The van der Waals surface area contributed by atoms with Gasteiger partial charge in [-0.25, -0.2) is 4.98 Å². The van der Waals surface area contributed by atoms with E-state index in [9.17, 15) is 4.79 Å². The lowest BCUT2D eigenvalue weighted by Gasteiger charge is -2.32. The van der Waals surface area contributed by atoms with Crippen molar-refractivity contribution in [1.29, 1.82) is 0 Å². The minimum absolute atomic E-state index is 0.185. The SMILES string of the molecule is CC1(C)OB(c2cnc(Cl)c(C=O)c2)OC1(C)C. The maximum Gasteiger partial charge on any atom is 0.496 e. The number of aldehydes is 1. The molecule has 0 radical (unpaired) electrons. The third-order valence-electron chi connectivity index (χ3n) is 3.54. The van der Waals surface area contributed by atoms with E-state index in [0.717, 1.165) is 0 Å². The molecular formula is C12H15BClNO3. The molecule has 0 saturated carbocycles. The van der Waals surface area contributed by atoms with Crippen molar-refractivity contribution in [3.8, 4) is 0 Å². The van der Waals surface area contributed by atoms with Crippen LogP contribution in [0.2, 0.25) is 5.15 Å². The summed E-state index contributed by atoms with van der Waals surface area (Å²) in [5, 5.41) is 0.185. The van der Waals surface area contributed by atoms with Gasteiger partial charge >= 0.3 is 7.12 Å². The van der Waals surface area contributed by atoms with Gasteiger partial charge in [0.1, 0.15) is 5.15 Å². The zero-order valence-corrected chi connectivity index (χ0v) is 11.6. The second-order valence-corrected chi connectivity index (χ2v) is 5.71. The number of carbonyl (C=O) groups is 1. The summed E-state index contributed by atoms with van der Waals surface area (Å²) in [6, 6.07) is 1.64. The van der Waals surface area contributed by atoms with E-state index in [4.69, 9.17) is 20.9 Å². The van der Waals surface area contributed by atoms with Crippen molar-refractivity contribution < 1.29 is 14.1 Å². The second kappa shape index (κ2) is 4.33. The number of halogens is 1. The van der Waals surface area contributed by atoms with Gasteiger partial charge in [-0.1, -0.05) is 11.6 Å². The van der Waals surface area contributed by atoms with Gasteiger partial charge in [-0.15, -0.1) is 0 Å². The maximum atomic E-state index is 10.8. The van der Waals surface area contributed by atoms with Crippen LogP contribution in [0.15, 0.2) is 12.3 Å². The third-order valence-corrected chi connectivity index (χ3v) is 3.86. The molecule has 0 amide bonds. The van der Waals surface area contributed by atoms with Crippen molar-refractivity contribution >= 4 is 30.5 Å². The molecule has 0 unspecified atom stereocenters. The van der Waals surface area contributed by atoms with E-state index < -0.39 is 18.3 Å². The summed E-state index contributed by atoms with van der Waals surface area (Å²) < 4.78 is 11.7. The molecule has 1 aromatic heterocycles. The Balaban J connectivity index is 2.32. The average molecular weight is 268 g/mol. The molecule has 6 heteroatoms. The van der Waals surface area contributed by atoms with E-state index in [2.05, 4.69) is 4.98 Å². The van der Waals surface area contributed by atoms with Crippen LogP contribution < -0.4 is 5.46 Å². The van der Waals surface area contributed by atoms with E-state index in [1.165, 1.54) is 0 Å². The van der Waals surface area contributed by atoms with Gasteiger partial charge in [-0.05, 0) is 33.8 Å². The maximum absolute atomic E-state index is 10.8.